The molecule has 10 heteroatoms. The van der Waals surface area contributed by atoms with E-state index in [2.05, 4.69) is 15.3 Å². The summed E-state index contributed by atoms with van der Waals surface area (Å²) in [7, 11) is 0. The third-order valence-electron chi connectivity index (χ3n) is 12.4. The van der Waals surface area contributed by atoms with Crippen molar-refractivity contribution in [3.05, 3.63) is 24.3 Å². The van der Waals surface area contributed by atoms with Crippen molar-refractivity contribution >= 4 is 34.9 Å². The van der Waals surface area contributed by atoms with Crippen molar-refractivity contribution in [3.8, 4) is 0 Å². The molecule has 5 atom stereocenters. The van der Waals surface area contributed by atoms with Crippen molar-refractivity contribution in [2.45, 2.75) is 155 Å². The number of likely N-dealkylation sites (tertiary alicyclic amines) is 1. The number of ketones is 4. The number of rotatable bonds is 17. The van der Waals surface area contributed by atoms with Gasteiger partial charge in [-0.2, -0.15) is 0 Å². The Hall–Kier alpha value is -3.30. The van der Waals surface area contributed by atoms with Crippen LogP contribution in [0.25, 0.3) is 0 Å². The van der Waals surface area contributed by atoms with E-state index in [4.69, 9.17) is 0 Å². The van der Waals surface area contributed by atoms with E-state index in [0.29, 0.717) is 37.6 Å². The number of carbonyl (C=O) groups excluding carboxylic acids is 6. The molecule has 286 valence electrons. The summed E-state index contributed by atoms with van der Waals surface area (Å²) >= 11 is 0. The van der Waals surface area contributed by atoms with Crippen LogP contribution in [0.15, 0.2) is 18.6 Å². The van der Waals surface area contributed by atoms with Gasteiger partial charge in [-0.3, -0.25) is 33.8 Å². The summed E-state index contributed by atoms with van der Waals surface area (Å²) in [4.78, 5) is 93.4. The van der Waals surface area contributed by atoms with E-state index < -0.39 is 35.1 Å². The Morgan fingerprint density at radius 3 is 2.13 bits per heavy atom. The number of carbonyl (C=O) groups is 6. The highest BCUT2D eigenvalue weighted by molar-refractivity contribution is 6.38. The maximum Gasteiger partial charge on any atom is 0.246 e. The van der Waals surface area contributed by atoms with Crippen LogP contribution in [0.4, 0.5) is 0 Å². The van der Waals surface area contributed by atoms with Crippen LogP contribution >= 0.6 is 0 Å². The Balaban J connectivity index is 1.39. The minimum absolute atomic E-state index is 0.0116. The van der Waals surface area contributed by atoms with Gasteiger partial charge in [-0.25, -0.2) is 4.98 Å². The fourth-order valence-corrected chi connectivity index (χ4v) is 9.30. The first-order chi connectivity index (χ1) is 24.9. The first-order valence-corrected chi connectivity index (χ1v) is 20.4. The second-order valence-electron chi connectivity index (χ2n) is 17.4. The summed E-state index contributed by atoms with van der Waals surface area (Å²) in [5, 5.41) is 3.13. The average Bonchev–Trinajstić information content (AvgIpc) is 3.85. The van der Waals surface area contributed by atoms with Crippen molar-refractivity contribution in [3.63, 3.8) is 0 Å². The van der Waals surface area contributed by atoms with Gasteiger partial charge in [0.05, 0.1) is 12.2 Å². The fourth-order valence-electron chi connectivity index (χ4n) is 9.30. The van der Waals surface area contributed by atoms with Crippen LogP contribution < -0.4 is 5.32 Å². The summed E-state index contributed by atoms with van der Waals surface area (Å²) in [6.07, 6.45) is 18.5. The fraction of sp³-hybridized carbons (Fsp3) is 0.762. The van der Waals surface area contributed by atoms with E-state index in [-0.39, 0.29) is 66.0 Å². The number of amides is 2. The average molecular weight is 719 g/mol. The number of hydrogen-bond donors (Lipinski definition) is 1. The van der Waals surface area contributed by atoms with E-state index in [1.165, 1.54) is 25.0 Å². The normalized spacial score (nSPS) is 23.4. The zero-order chi connectivity index (χ0) is 37.4. The Morgan fingerprint density at radius 2 is 1.54 bits per heavy atom. The zero-order valence-electron chi connectivity index (χ0n) is 32.1. The van der Waals surface area contributed by atoms with Crippen LogP contribution in [0.5, 0.6) is 0 Å². The molecule has 1 N–H and O–H groups in total. The van der Waals surface area contributed by atoms with E-state index in [1.807, 2.05) is 27.7 Å². The van der Waals surface area contributed by atoms with Crippen molar-refractivity contribution in [2.24, 2.45) is 40.9 Å². The van der Waals surface area contributed by atoms with Crippen LogP contribution in [-0.4, -0.2) is 68.4 Å². The number of aromatic nitrogens is 2. The number of Topliss-reactive ketones (excluding diaryl/α,β-unsaturated/α-hetero) is 4. The minimum Gasteiger partial charge on any atom is -0.344 e. The summed E-state index contributed by atoms with van der Waals surface area (Å²) < 4.78 is 0. The van der Waals surface area contributed by atoms with Gasteiger partial charge in [0.15, 0.2) is 17.3 Å². The standard InChI is InChI=1S/C42H62N4O6/c1-5-12-30(38(50)36(49)23-27-17-18-27)24-35(48)37-31(28-13-8-6-9-14-28)19-22-46(37)41(52)39(42(2,3)4)45-40(51)32(29-15-10-7-11-16-29)25-34(47)33-26-43-20-21-44-33/h20-21,26-32,37,39H,5-19,22-25H2,1-4H3,(H,45,51)/t30?,31-,32+,37+,39-/m1/s1. The maximum absolute atomic E-state index is 14.8. The summed E-state index contributed by atoms with van der Waals surface area (Å²) in [6.45, 7) is 8.13. The molecule has 3 aliphatic carbocycles. The topological polar surface area (TPSA) is 143 Å². The Bertz CT molecular complexity index is 1420. The number of hydrogen-bond acceptors (Lipinski definition) is 8. The van der Waals surface area contributed by atoms with Gasteiger partial charge >= 0.3 is 0 Å². The van der Waals surface area contributed by atoms with Gasteiger partial charge in [0, 0.05) is 50.0 Å². The Labute approximate surface area is 310 Å². The molecule has 1 aliphatic heterocycles. The highest BCUT2D eigenvalue weighted by Gasteiger charge is 2.49. The van der Waals surface area contributed by atoms with Gasteiger partial charge in [-0.15, -0.1) is 0 Å². The molecule has 4 fully saturated rings. The zero-order valence-corrected chi connectivity index (χ0v) is 32.1. The molecule has 1 saturated heterocycles. The number of nitrogens with one attached hydrogen (secondary N) is 1. The van der Waals surface area contributed by atoms with Gasteiger partial charge in [0.1, 0.15) is 11.7 Å². The van der Waals surface area contributed by atoms with Gasteiger partial charge in [0.25, 0.3) is 0 Å². The van der Waals surface area contributed by atoms with Crippen LogP contribution in [0, 0.1) is 40.9 Å². The highest BCUT2D eigenvalue weighted by atomic mass is 16.2. The molecule has 1 aromatic heterocycles. The second-order valence-corrected chi connectivity index (χ2v) is 17.4. The van der Waals surface area contributed by atoms with E-state index in [0.717, 1.165) is 70.6 Å². The van der Waals surface area contributed by atoms with Crippen LogP contribution in [-0.2, 0) is 24.0 Å². The molecule has 1 unspecified atom stereocenters. The maximum atomic E-state index is 14.8. The molecular formula is C42H62N4O6. The summed E-state index contributed by atoms with van der Waals surface area (Å²) in [5.41, 5.74) is -0.466. The SMILES string of the molecule is CCCC(CC(=O)[C@@H]1[C@@H](C2CCCCC2)CCN1C(=O)[C@@H](NC(=O)[C@@H](CC(=O)c1cnccn1)C1CCCCC1)C(C)(C)C)C(=O)C(=O)CC1CC1. The predicted octanol–water partition coefficient (Wildman–Crippen LogP) is 6.89. The molecule has 0 bridgehead atoms. The molecule has 1 aromatic rings. The second kappa shape index (κ2) is 18.2. The van der Waals surface area contributed by atoms with Crippen LogP contribution in [0.1, 0.15) is 154 Å². The molecule has 0 spiro atoms. The van der Waals surface area contributed by atoms with Crippen molar-refractivity contribution < 1.29 is 28.8 Å². The van der Waals surface area contributed by atoms with Gasteiger partial charge in [-0.1, -0.05) is 85.5 Å². The van der Waals surface area contributed by atoms with Gasteiger partial charge in [-0.05, 0) is 67.6 Å². The van der Waals surface area contributed by atoms with Crippen LogP contribution in [0.3, 0.4) is 0 Å². The summed E-state index contributed by atoms with van der Waals surface area (Å²) in [6, 6.07) is -1.62. The predicted molar refractivity (Wildman–Crippen MR) is 198 cm³/mol. The lowest BCUT2D eigenvalue weighted by Gasteiger charge is -2.39. The molecule has 5 rings (SSSR count). The molecule has 3 saturated carbocycles. The molecule has 4 aliphatic rings. The largest absolute Gasteiger partial charge is 0.344 e. The molecule has 0 aromatic carbocycles. The van der Waals surface area contributed by atoms with E-state index in [9.17, 15) is 28.8 Å². The lowest BCUT2D eigenvalue weighted by molar-refractivity contribution is -0.146. The first kappa shape index (κ1) is 39.9. The first-order valence-electron chi connectivity index (χ1n) is 20.4. The molecule has 2 heterocycles. The third-order valence-corrected chi connectivity index (χ3v) is 12.4. The lowest BCUT2D eigenvalue weighted by Crippen LogP contribution is -2.59. The molecule has 10 nitrogen and oxygen atoms in total. The van der Waals surface area contributed by atoms with Gasteiger partial charge in [0.2, 0.25) is 17.6 Å². The summed E-state index contributed by atoms with van der Waals surface area (Å²) in [5.74, 6) is -2.48. The molecule has 52 heavy (non-hydrogen) atoms. The third kappa shape index (κ3) is 10.2. The number of nitrogens with zero attached hydrogens (tertiary/aromatic N) is 3. The molecule has 0 radical (unpaired) electrons. The molecular weight excluding hydrogens is 656 g/mol. The quantitative estimate of drug-likeness (QED) is 0.136. The van der Waals surface area contributed by atoms with E-state index >= 15 is 0 Å². The monoisotopic (exact) mass is 718 g/mol. The van der Waals surface area contributed by atoms with E-state index in [1.54, 1.807) is 4.90 Å². The van der Waals surface area contributed by atoms with Crippen LogP contribution in [0.2, 0.25) is 0 Å². The smallest absolute Gasteiger partial charge is 0.246 e. The van der Waals surface area contributed by atoms with Gasteiger partial charge < -0.3 is 10.2 Å². The Kier molecular flexibility index (Phi) is 13.9. The Morgan fingerprint density at radius 1 is 0.865 bits per heavy atom. The van der Waals surface area contributed by atoms with Crippen molar-refractivity contribution in [1.29, 1.82) is 0 Å². The molecule has 2 amide bonds. The highest BCUT2D eigenvalue weighted by Crippen LogP contribution is 2.42. The minimum atomic E-state index is -0.925. The van der Waals surface area contributed by atoms with Crippen molar-refractivity contribution in [2.75, 3.05) is 6.54 Å². The lowest BCUT2D eigenvalue weighted by atomic mass is 9.74. The van der Waals surface area contributed by atoms with Crippen molar-refractivity contribution in [1.82, 2.24) is 20.2 Å².